The number of azide groups is 1. The second-order valence-corrected chi connectivity index (χ2v) is 9.22. The summed E-state index contributed by atoms with van der Waals surface area (Å²) in [6.45, 7) is 2.33. The Kier molecular flexibility index (Phi) is 15.4. The van der Waals surface area contributed by atoms with Gasteiger partial charge in [0.2, 0.25) is 17.7 Å². The molecule has 2 aromatic carbocycles. The number of nitrogens with two attached hydrogens (primary N) is 2. The standard InChI is InChI=1S/C28H40N8O4/c29-19-23-8-4-21(5-9-23)17-26(37)32-12-2-1-3-25(28(39)33-13-15-40-16-14-34-36-31)35-27(38)18-22-6-10-24(20-30)11-7-22/h4-11,25H,1-3,12-20,29-30H2,(H,32,37)(H,33,39)(H,35,38)/t25-/m0/s1. The van der Waals surface area contributed by atoms with Gasteiger partial charge in [-0.25, -0.2) is 0 Å². The van der Waals surface area contributed by atoms with E-state index in [0.717, 1.165) is 22.3 Å². The van der Waals surface area contributed by atoms with Crippen LogP contribution in [0.1, 0.15) is 41.5 Å². The maximum absolute atomic E-state index is 12.8. The average molecular weight is 553 g/mol. The van der Waals surface area contributed by atoms with Crippen LogP contribution in [0, 0.1) is 0 Å². The molecule has 3 amide bonds. The van der Waals surface area contributed by atoms with Crippen LogP contribution in [0.5, 0.6) is 0 Å². The number of nitrogens with zero attached hydrogens (tertiary/aromatic N) is 3. The maximum Gasteiger partial charge on any atom is 0.242 e. The van der Waals surface area contributed by atoms with Crippen molar-refractivity contribution in [1.82, 2.24) is 16.0 Å². The molecule has 0 aromatic heterocycles. The predicted molar refractivity (Wildman–Crippen MR) is 153 cm³/mol. The number of hydrogen-bond donors (Lipinski definition) is 5. The molecular formula is C28H40N8O4. The zero-order chi connectivity index (χ0) is 29.0. The number of unbranched alkanes of at least 4 members (excludes halogenated alkanes) is 1. The van der Waals surface area contributed by atoms with Crippen LogP contribution in [-0.2, 0) is 45.1 Å². The lowest BCUT2D eigenvalue weighted by atomic mass is 10.1. The van der Waals surface area contributed by atoms with Crippen molar-refractivity contribution in [1.29, 1.82) is 0 Å². The second-order valence-electron chi connectivity index (χ2n) is 9.22. The van der Waals surface area contributed by atoms with Gasteiger partial charge in [0.1, 0.15) is 6.04 Å². The second kappa shape index (κ2) is 19.2. The SMILES string of the molecule is [N-]=[N+]=NCCOCCNC(=O)[C@H](CCCCNC(=O)Cc1ccc(CN)cc1)NC(=O)Cc1ccc(CN)cc1. The number of carbonyl (C=O) groups excluding carboxylic acids is 3. The van der Waals surface area contributed by atoms with Crippen molar-refractivity contribution in [3.05, 3.63) is 81.2 Å². The minimum absolute atomic E-state index is 0.0794. The number of ether oxygens (including phenoxy) is 1. The van der Waals surface area contributed by atoms with E-state index in [1.807, 2.05) is 48.5 Å². The molecule has 0 bridgehead atoms. The molecule has 2 aromatic rings. The Labute approximate surface area is 234 Å². The van der Waals surface area contributed by atoms with E-state index in [4.69, 9.17) is 21.7 Å². The van der Waals surface area contributed by atoms with Gasteiger partial charge in [0.25, 0.3) is 0 Å². The highest BCUT2D eigenvalue weighted by Crippen LogP contribution is 2.07. The van der Waals surface area contributed by atoms with Crippen LogP contribution >= 0.6 is 0 Å². The summed E-state index contributed by atoms with van der Waals surface area (Å²) in [5.74, 6) is -0.653. The number of hydrogen-bond acceptors (Lipinski definition) is 7. The Balaban J connectivity index is 1.80. The summed E-state index contributed by atoms with van der Waals surface area (Å²) in [5, 5.41) is 11.9. The first-order valence-electron chi connectivity index (χ1n) is 13.4. The zero-order valence-corrected chi connectivity index (χ0v) is 22.8. The summed E-state index contributed by atoms with van der Waals surface area (Å²) < 4.78 is 5.31. The maximum atomic E-state index is 12.8. The third kappa shape index (κ3) is 13.2. The van der Waals surface area contributed by atoms with Crippen LogP contribution in [0.2, 0.25) is 0 Å². The highest BCUT2D eigenvalue weighted by Gasteiger charge is 2.20. The van der Waals surface area contributed by atoms with E-state index in [-0.39, 0.29) is 56.9 Å². The molecule has 0 radical (unpaired) electrons. The molecule has 0 saturated heterocycles. The van der Waals surface area contributed by atoms with Crippen LogP contribution in [0.4, 0.5) is 0 Å². The molecule has 1 atom stereocenters. The number of nitrogens with one attached hydrogen (secondary N) is 3. The first-order chi connectivity index (χ1) is 19.4. The van der Waals surface area contributed by atoms with Crippen LogP contribution in [0.15, 0.2) is 53.6 Å². The van der Waals surface area contributed by atoms with Gasteiger partial charge in [0.15, 0.2) is 0 Å². The van der Waals surface area contributed by atoms with Gasteiger partial charge in [0, 0.05) is 37.6 Å². The van der Waals surface area contributed by atoms with Gasteiger partial charge in [-0.3, -0.25) is 14.4 Å². The molecule has 0 spiro atoms. The summed E-state index contributed by atoms with van der Waals surface area (Å²) in [5.41, 5.74) is 23.2. The predicted octanol–water partition coefficient (Wildman–Crippen LogP) is 1.60. The van der Waals surface area contributed by atoms with Crippen LogP contribution in [0.25, 0.3) is 10.4 Å². The van der Waals surface area contributed by atoms with E-state index in [2.05, 4.69) is 26.0 Å². The Morgan fingerprint density at radius 3 is 1.95 bits per heavy atom. The molecule has 0 unspecified atom stereocenters. The van der Waals surface area contributed by atoms with E-state index in [1.165, 1.54) is 0 Å². The van der Waals surface area contributed by atoms with Crippen molar-refractivity contribution < 1.29 is 19.1 Å². The molecule has 0 aliphatic carbocycles. The van der Waals surface area contributed by atoms with Crippen molar-refractivity contribution in [3.8, 4) is 0 Å². The molecule has 7 N–H and O–H groups in total. The lowest BCUT2D eigenvalue weighted by Crippen LogP contribution is -2.48. The minimum atomic E-state index is -0.726. The molecular weight excluding hydrogens is 512 g/mol. The molecule has 0 fully saturated rings. The number of carbonyl (C=O) groups is 3. The van der Waals surface area contributed by atoms with E-state index in [1.54, 1.807) is 0 Å². The van der Waals surface area contributed by atoms with Crippen LogP contribution in [0.3, 0.4) is 0 Å². The zero-order valence-electron chi connectivity index (χ0n) is 22.8. The summed E-state index contributed by atoms with van der Waals surface area (Å²) in [4.78, 5) is 40.4. The lowest BCUT2D eigenvalue weighted by molar-refractivity contribution is -0.129. The largest absolute Gasteiger partial charge is 0.379 e. The van der Waals surface area contributed by atoms with Gasteiger partial charge >= 0.3 is 0 Å². The van der Waals surface area contributed by atoms with Crippen LogP contribution in [-0.4, -0.2) is 56.6 Å². The number of amides is 3. The molecule has 0 aliphatic rings. The quantitative estimate of drug-likeness (QED) is 0.0759. The van der Waals surface area contributed by atoms with Gasteiger partial charge < -0.3 is 32.2 Å². The Morgan fingerprint density at radius 1 is 0.800 bits per heavy atom. The number of rotatable bonds is 19. The Morgan fingerprint density at radius 2 is 1.38 bits per heavy atom. The Bertz CT molecular complexity index is 1100. The topological polar surface area (TPSA) is 197 Å². The van der Waals surface area contributed by atoms with Crippen molar-refractivity contribution in [2.45, 2.75) is 51.2 Å². The van der Waals surface area contributed by atoms with Crippen molar-refractivity contribution in [2.75, 3.05) is 32.8 Å². The summed E-state index contributed by atoms with van der Waals surface area (Å²) >= 11 is 0. The fourth-order valence-corrected chi connectivity index (χ4v) is 3.86. The molecule has 216 valence electrons. The lowest BCUT2D eigenvalue weighted by Gasteiger charge is -2.19. The van der Waals surface area contributed by atoms with Crippen molar-refractivity contribution >= 4 is 17.7 Å². The van der Waals surface area contributed by atoms with Gasteiger partial charge in [-0.05, 0) is 47.0 Å². The van der Waals surface area contributed by atoms with Crippen molar-refractivity contribution in [2.24, 2.45) is 16.6 Å². The molecule has 0 aliphatic heterocycles. The van der Waals surface area contributed by atoms with Crippen molar-refractivity contribution in [3.63, 3.8) is 0 Å². The minimum Gasteiger partial charge on any atom is -0.379 e. The highest BCUT2D eigenvalue weighted by molar-refractivity contribution is 5.88. The third-order valence-corrected chi connectivity index (χ3v) is 6.08. The average Bonchev–Trinajstić information content (AvgIpc) is 2.96. The highest BCUT2D eigenvalue weighted by atomic mass is 16.5. The summed E-state index contributed by atoms with van der Waals surface area (Å²) in [7, 11) is 0. The molecule has 0 heterocycles. The molecule has 40 heavy (non-hydrogen) atoms. The monoisotopic (exact) mass is 552 g/mol. The number of benzene rings is 2. The van der Waals surface area contributed by atoms with Gasteiger partial charge in [-0.1, -0.05) is 53.6 Å². The third-order valence-electron chi connectivity index (χ3n) is 6.08. The first-order valence-corrected chi connectivity index (χ1v) is 13.4. The molecule has 0 saturated carbocycles. The fourth-order valence-electron chi connectivity index (χ4n) is 3.86. The summed E-state index contributed by atoms with van der Waals surface area (Å²) in [6, 6.07) is 14.3. The van der Waals surface area contributed by atoms with Gasteiger partial charge in [-0.2, -0.15) is 0 Å². The molecule has 12 heteroatoms. The van der Waals surface area contributed by atoms with E-state index < -0.39 is 6.04 Å². The van der Waals surface area contributed by atoms with Gasteiger partial charge in [0.05, 0.1) is 26.1 Å². The molecule has 2 rings (SSSR count). The normalized spacial score (nSPS) is 11.2. The molecule has 12 nitrogen and oxygen atoms in total. The summed E-state index contributed by atoms with van der Waals surface area (Å²) in [6.07, 6.45) is 2.11. The van der Waals surface area contributed by atoms with E-state index in [0.29, 0.717) is 38.9 Å². The van der Waals surface area contributed by atoms with Gasteiger partial charge in [-0.15, -0.1) is 0 Å². The van der Waals surface area contributed by atoms with E-state index in [9.17, 15) is 14.4 Å². The Hall–Kier alpha value is -3.96. The van der Waals surface area contributed by atoms with E-state index >= 15 is 0 Å². The fraction of sp³-hybridized carbons (Fsp3) is 0.464. The van der Waals surface area contributed by atoms with Crippen LogP contribution < -0.4 is 27.4 Å². The first kappa shape index (κ1) is 32.3. The smallest absolute Gasteiger partial charge is 0.242 e.